The summed E-state index contributed by atoms with van der Waals surface area (Å²) in [5, 5.41) is 7.58. The highest BCUT2D eigenvalue weighted by molar-refractivity contribution is 5.81. The second-order valence-corrected chi connectivity index (χ2v) is 3.63. The van der Waals surface area contributed by atoms with Crippen molar-refractivity contribution in [2.24, 2.45) is 0 Å². The van der Waals surface area contributed by atoms with Crippen LogP contribution in [0.2, 0.25) is 0 Å². The Morgan fingerprint density at radius 1 is 1.12 bits per heavy atom. The number of allylic oxidation sites excluding steroid dienone is 1. The zero-order valence-electron chi connectivity index (χ0n) is 9.46. The highest BCUT2D eigenvalue weighted by Gasteiger charge is 2.02. The van der Waals surface area contributed by atoms with Crippen LogP contribution in [0, 0.1) is 0 Å². The molecule has 5 nitrogen and oxygen atoms in total. The first kappa shape index (κ1) is 11.1. The Bertz CT molecular complexity index is 548. The first-order chi connectivity index (χ1) is 8.16. The van der Waals surface area contributed by atoms with Crippen LogP contribution in [-0.2, 0) is 0 Å². The quantitative estimate of drug-likeness (QED) is 0.813. The number of rotatable bonds is 2. The smallest absolute Gasteiger partial charge is 0.242 e. The van der Waals surface area contributed by atoms with Crippen LogP contribution < -0.4 is 11.5 Å². The average Bonchev–Trinajstić information content (AvgIpc) is 2.34. The lowest BCUT2D eigenvalue weighted by Crippen LogP contribution is -2.04. The second kappa shape index (κ2) is 4.61. The lowest BCUT2D eigenvalue weighted by atomic mass is 10.1. The van der Waals surface area contributed by atoms with Crippen LogP contribution in [0.1, 0.15) is 18.2 Å². The third kappa shape index (κ3) is 2.57. The molecule has 4 N–H and O–H groups in total. The molecule has 0 aliphatic carbocycles. The highest BCUT2D eigenvalue weighted by Crippen LogP contribution is 2.18. The van der Waals surface area contributed by atoms with Gasteiger partial charge in [-0.05, 0) is 24.1 Å². The van der Waals surface area contributed by atoms with Gasteiger partial charge in [-0.25, -0.2) is 0 Å². The van der Waals surface area contributed by atoms with Crippen molar-refractivity contribution in [3.05, 3.63) is 41.6 Å². The average molecular weight is 227 g/mol. The van der Waals surface area contributed by atoms with Gasteiger partial charge in [0, 0.05) is 0 Å². The van der Waals surface area contributed by atoms with Gasteiger partial charge in [-0.2, -0.15) is 4.98 Å². The minimum absolute atomic E-state index is 0.0806. The lowest BCUT2D eigenvalue weighted by Gasteiger charge is -2.02. The summed E-state index contributed by atoms with van der Waals surface area (Å²) in [7, 11) is 0. The predicted octanol–water partition coefficient (Wildman–Crippen LogP) is 1.60. The summed E-state index contributed by atoms with van der Waals surface area (Å²) in [6, 6.07) is 9.95. The summed E-state index contributed by atoms with van der Waals surface area (Å²) in [6.07, 6.45) is 1.84. The van der Waals surface area contributed by atoms with Gasteiger partial charge < -0.3 is 11.5 Å². The number of benzene rings is 1. The van der Waals surface area contributed by atoms with Gasteiger partial charge in [0.1, 0.15) is 5.69 Å². The predicted molar refractivity (Wildman–Crippen MR) is 68.6 cm³/mol. The van der Waals surface area contributed by atoms with Gasteiger partial charge >= 0.3 is 0 Å². The molecule has 0 unspecified atom stereocenters. The van der Waals surface area contributed by atoms with Gasteiger partial charge in [0.05, 0.1) is 0 Å². The minimum Gasteiger partial charge on any atom is -0.382 e. The molecule has 0 saturated heterocycles. The molecule has 1 heterocycles. The number of hydrogen-bond donors (Lipinski definition) is 2. The van der Waals surface area contributed by atoms with Crippen LogP contribution in [0.4, 0.5) is 11.8 Å². The third-order valence-corrected chi connectivity index (χ3v) is 2.34. The Balaban J connectivity index is 2.36. The monoisotopic (exact) mass is 227 g/mol. The summed E-state index contributed by atoms with van der Waals surface area (Å²) in [4.78, 5) is 3.86. The fourth-order valence-corrected chi connectivity index (χ4v) is 1.45. The summed E-state index contributed by atoms with van der Waals surface area (Å²) in [6.45, 7) is 1.98. The molecule has 0 radical (unpaired) electrons. The molecule has 0 aliphatic heterocycles. The van der Waals surface area contributed by atoms with Crippen molar-refractivity contribution in [2.45, 2.75) is 6.92 Å². The van der Waals surface area contributed by atoms with E-state index in [2.05, 4.69) is 15.2 Å². The van der Waals surface area contributed by atoms with Crippen LogP contribution in [0.3, 0.4) is 0 Å². The van der Waals surface area contributed by atoms with E-state index >= 15 is 0 Å². The molecule has 17 heavy (non-hydrogen) atoms. The van der Waals surface area contributed by atoms with Gasteiger partial charge in [-0.1, -0.05) is 30.3 Å². The van der Waals surface area contributed by atoms with Crippen molar-refractivity contribution in [2.75, 3.05) is 11.5 Å². The topological polar surface area (TPSA) is 90.7 Å². The van der Waals surface area contributed by atoms with Crippen LogP contribution in [0.15, 0.2) is 30.3 Å². The number of hydrogen-bond acceptors (Lipinski definition) is 5. The second-order valence-electron chi connectivity index (χ2n) is 3.63. The van der Waals surface area contributed by atoms with E-state index in [4.69, 9.17) is 11.5 Å². The molecule has 0 aliphatic rings. The van der Waals surface area contributed by atoms with E-state index in [-0.39, 0.29) is 11.8 Å². The van der Waals surface area contributed by atoms with E-state index in [1.807, 2.05) is 43.3 Å². The molecule has 86 valence electrons. The van der Waals surface area contributed by atoms with Crippen molar-refractivity contribution in [3.8, 4) is 0 Å². The number of aromatic nitrogens is 3. The Kier molecular flexibility index (Phi) is 3.00. The number of nitrogens with two attached hydrogens (primary N) is 2. The molecule has 0 saturated carbocycles. The van der Waals surface area contributed by atoms with Crippen molar-refractivity contribution < 1.29 is 0 Å². The maximum Gasteiger partial charge on any atom is 0.242 e. The summed E-state index contributed by atoms with van der Waals surface area (Å²) in [5.41, 5.74) is 13.8. The number of nitrogens with zero attached hydrogens (tertiary/aromatic N) is 3. The number of anilines is 2. The molecule has 0 spiro atoms. The molecule has 0 fully saturated rings. The highest BCUT2D eigenvalue weighted by atomic mass is 15.2. The molecule has 0 atom stereocenters. The Morgan fingerprint density at radius 2 is 1.82 bits per heavy atom. The summed E-state index contributed by atoms with van der Waals surface area (Å²) in [5.74, 6) is 0.366. The van der Waals surface area contributed by atoms with E-state index in [9.17, 15) is 0 Å². The van der Waals surface area contributed by atoms with Gasteiger partial charge in [0.25, 0.3) is 0 Å². The van der Waals surface area contributed by atoms with E-state index in [0.717, 1.165) is 11.1 Å². The Hall–Kier alpha value is -2.43. The molecular weight excluding hydrogens is 214 g/mol. The van der Waals surface area contributed by atoms with Gasteiger partial charge in [0.15, 0.2) is 5.82 Å². The van der Waals surface area contributed by atoms with E-state index in [1.165, 1.54) is 0 Å². The molecule has 1 aromatic carbocycles. The zero-order valence-corrected chi connectivity index (χ0v) is 9.46. The van der Waals surface area contributed by atoms with Crippen LogP contribution in [0.25, 0.3) is 11.6 Å². The SMILES string of the molecule is CC(=Cc1nnc(N)nc1N)c1ccccc1. The first-order valence-electron chi connectivity index (χ1n) is 5.16. The summed E-state index contributed by atoms with van der Waals surface area (Å²) < 4.78 is 0. The molecular formula is C12H13N5. The maximum absolute atomic E-state index is 5.71. The molecule has 2 aromatic rings. The zero-order chi connectivity index (χ0) is 12.3. The Labute approximate surface area is 99.2 Å². The molecule has 0 bridgehead atoms. The lowest BCUT2D eigenvalue weighted by molar-refractivity contribution is 0.980. The molecule has 5 heteroatoms. The maximum atomic E-state index is 5.71. The molecule has 2 rings (SSSR count). The Morgan fingerprint density at radius 3 is 2.47 bits per heavy atom. The van der Waals surface area contributed by atoms with Crippen molar-refractivity contribution in [1.82, 2.24) is 15.2 Å². The normalized spacial score (nSPS) is 11.5. The third-order valence-electron chi connectivity index (χ3n) is 2.34. The van der Waals surface area contributed by atoms with Crippen molar-refractivity contribution >= 4 is 23.4 Å². The van der Waals surface area contributed by atoms with Crippen molar-refractivity contribution in [1.29, 1.82) is 0 Å². The first-order valence-corrected chi connectivity index (χ1v) is 5.16. The largest absolute Gasteiger partial charge is 0.382 e. The van der Waals surface area contributed by atoms with E-state index in [0.29, 0.717) is 5.69 Å². The van der Waals surface area contributed by atoms with Crippen LogP contribution in [0.5, 0.6) is 0 Å². The fraction of sp³-hybridized carbons (Fsp3) is 0.0833. The molecule has 1 aromatic heterocycles. The minimum atomic E-state index is 0.0806. The summed E-state index contributed by atoms with van der Waals surface area (Å²) >= 11 is 0. The molecule has 0 amide bonds. The van der Waals surface area contributed by atoms with E-state index < -0.39 is 0 Å². The number of nitrogen functional groups attached to an aromatic ring is 2. The van der Waals surface area contributed by atoms with Gasteiger partial charge in [-0.15, -0.1) is 10.2 Å². The van der Waals surface area contributed by atoms with E-state index in [1.54, 1.807) is 0 Å². The van der Waals surface area contributed by atoms with Crippen LogP contribution in [-0.4, -0.2) is 15.2 Å². The van der Waals surface area contributed by atoms with Gasteiger partial charge in [-0.3, -0.25) is 0 Å². The standard InChI is InChI=1S/C12H13N5/c1-8(9-5-3-2-4-6-9)7-10-11(13)15-12(14)17-16-10/h2-7H,1H3,(H4,13,14,15,17). The fourth-order valence-electron chi connectivity index (χ4n) is 1.45. The van der Waals surface area contributed by atoms with Gasteiger partial charge in [0.2, 0.25) is 5.95 Å². The van der Waals surface area contributed by atoms with Crippen LogP contribution >= 0.6 is 0 Å². The van der Waals surface area contributed by atoms with Crippen molar-refractivity contribution in [3.63, 3.8) is 0 Å².